The molecule has 1 aromatic heterocycles. The molecule has 3 rings (SSSR count). The van der Waals surface area contributed by atoms with Gasteiger partial charge in [-0.15, -0.1) is 0 Å². The first-order chi connectivity index (χ1) is 13.9. The van der Waals surface area contributed by atoms with E-state index >= 15 is 0 Å². The molecule has 0 bridgehead atoms. The molecule has 0 aliphatic carbocycles. The lowest BCUT2D eigenvalue weighted by Gasteiger charge is -2.13. The molecule has 0 aliphatic rings. The molecule has 0 saturated carbocycles. The zero-order valence-electron chi connectivity index (χ0n) is 17.1. The van der Waals surface area contributed by atoms with Crippen molar-refractivity contribution < 1.29 is 9.90 Å². The zero-order chi connectivity index (χ0) is 21.0. The fraction of sp³-hybridized carbons (Fsp3) is 0.292. The third kappa shape index (κ3) is 4.45. The number of hydrogen-bond donors (Lipinski definition) is 1. The number of aryl methyl sites for hydroxylation is 2. The van der Waals surface area contributed by atoms with Crippen molar-refractivity contribution in [3.05, 3.63) is 87.1 Å². The van der Waals surface area contributed by atoms with E-state index < -0.39 is 5.97 Å². The van der Waals surface area contributed by atoms with Gasteiger partial charge in [0.25, 0.3) is 5.56 Å². The molecule has 0 spiro atoms. The topological polar surface area (TPSA) is 72.2 Å². The molecule has 0 fully saturated rings. The van der Waals surface area contributed by atoms with Crippen LogP contribution in [0.1, 0.15) is 52.8 Å². The van der Waals surface area contributed by atoms with Crippen LogP contribution in [0, 0.1) is 6.92 Å². The second kappa shape index (κ2) is 8.86. The van der Waals surface area contributed by atoms with Crippen molar-refractivity contribution in [2.75, 3.05) is 0 Å². The molecular formula is C24H26N2O3. The van der Waals surface area contributed by atoms with Crippen LogP contribution >= 0.6 is 0 Å². The number of rotatable bonds is 7. The van der Waals surface area contributed by atoms with Gasteiger partial charge >= 0.3 is 5.97 Å². The largest absolute Gasteiger partial charge is 0.478 e. The van der Waals surface area contributed by atoms with Crippen molar-refractivity contribution in [3.8, 4) is 11.1 Å². The lowest BCUT2D eigenvalue weighted by Crippen LogP contribution is -2.27. The summed E-state index contributed by atoms with van der Waals surface area (Å²) in [4.78, 5) is 29.0. The maximum absolute atomic E-state index is 12.8. The Morgan fingerprint density at radius 2 is 1.79 bits per heavy atom. The molecule has 0 radical (unpaired) electrons. The predicted molar refractivity (Wildman–Crippen MR) is 114 cm³/mol. The van der Waals surface area contributed by atoms with Gasteiger partial charge in [-0.3, -0.25) is 9.36 Å². The zero-order valence-corrected chi connectivity index (χ0v) is 17.1. The molecular weight excluding hydrogens is 364 g/mol. The monoisotopic (exact) mass is 390 g/mol. The van der Waals surface area contributed by atoms with Crippen LogP contribution in [0.4, 0.5) is 0 Å². The van der Waals surface area contributed by atoms with E-state index in [4.69, 9.17) is 0 Å². The standard InChI is InChI=1S/C24H26N2O3/c1-4-5-10-22-21(23(27)26(3)16(2)25-22)15-17-11-13-18(14-12-17)19-8-6-7-9-20(19)24(28)29/h6-9,11-14H,4-5,10,15H2,1-3H3,(H,28,29). The van der Waals surface area contributed by atoms with Gasteiger partial charge in [-0.25, -0.2) is 9.78 Å². The van der Waals surface area contributed by atoms with E-state index in [-0.39, 0.29) is 11.1 Å². The van der Waals surface area contributed by atoms with Gasteiger partial charge in [0, 0.05) is 19.0 Å². The van der Waals surface area contributed by atoms with Crippen molar-refractivity contribution in [1.29, 1.82) is 0 Å². The quantitative estimate of drug-likeness (QED) is 0.649. The maximum Gasteiger partial charge on any atom is 0.336 e. The van der Waals surface area contributed by atoms with Gasteiger partial charge in [-0.2, -0.15) is 0 Å². The predicted octanol–water partition coefficient (Wildman–Crippen LogP) is 4.39. The minimum absolute atomic E-state index is 0.00361. The van der Waals surface area contributed by atoms with Gasteiger partial charge < -0.3 is 5.11 Å². The van der Waals surface area contributed by atoms with Crippen molar-refractivity contribution in [2.45, 2.75) is 39.5 Å². The number of carboxylic acids is 1. The highest BCUT2D eigenvalue weighted by molar-refractivity contribution is 5.95. The summed E-state index contributed by atoms with van der Waals surface area (Å²) in [6, 6.07) is 14.7. The summed E-state index contributed by atoms with van der Waals surface area (Å²) < 4.78 is 1.60. The fourth-order valence-electron chi connectivity index (χ4n) is 3.47. The van der Waals surface area contributed by atoms with E-state index in [0.29, 0.717) is 12.0 Å². The molecule has 5 heteroatoms. The normalized spacial score (nSPS) is 10.9. The van der Waals surface area contributed by atoms with Crippen molar-refractivity contribution in [2.24, 2.45) is 7.05 Å². The Labute approximate surface area is 170 Å². The van der Waals surface area contributed by atoms with Crippen LogP contribution in [0.25, 0.3) is 11.1 Å². The summed E-state index contributed by atoms with van der Waals surface area (Å²) in [6.45, 7) is 3.98. The number of benzene rings is 2. The summed E-state index contributed by atoms with van der Waals surface area (Å²) in [5, 5.41) is 9.41. The average molecular weight is 390 g/mol. The van der Waals surface area contributed by atoms with Crippen LogP contribution in [0.2, 0.25) is 0 Å². The Morgan fingerprint density at radius 3 is 2.45 bits per heavy atom. The molecule has 29 heavy (non-hydrogen) atoms. The van der Waals surface area contributed by atoms with Crippen molar-refractivity contribution >= 4 is 5.97 Å². The number of carboxylic acid groups (broad SMARTS) is 1. The number of carbonyl (C=O) groups is 1. The SMILES string of the molecule is CCCCc1nc(C)n(C)c(=O)c1Cc1ccc(-c2ccccc2C(=O)O)cc1. The molecule has 2 aromatic carbocycles. The second-order valence-corrected chi connectivity index (χ2v) is 7.28. The summed E-state index contributed by atoms with van der Waals surface area (Å²) >= 11 is 0. The first-order valence-corrected chi connectivity index (χ1v) is 9.89. The lowest BCUT2D eigenvalue weighted by atomic mass is 9.96. The molecule has 0 aliphatic heterocycles. The molecule has 1 N–H and O–H groups in total. The van der Waals surface area contributed by atoms with Crippen molar-refractivity contribution in [3.63, 3.8) is 0 Å². The number of hydrogen-bond acceptors (Lipinski definition) is 3. The molecule has 150 valence electrons. The third-order valence-corrected chi connectivity index (χ3v) is 5.26. The van der Waals surface area contributed by atoms with Crippen LogP contribution in [-0.2, 0) is 19.9 Å². The highest BCUT2D eigenvalue weighted by Crippen LogP contribution is 2.25. The Hall–Kier alpha value is -3.21. The Bertz CT molecular complexity index is 1080. The average Bonchev–Trinajstić information content (AvgIpc) is 2.73. The van der Waals surface area contributed by atoms with Crippen LogP contribution < -0.4 is 5.56 Å². The Morgan fingerprint density at radius 1 is 1.10 bits per heavy atom. The minimum atomic E-state index is -0.945. The number of aromatic carboxylic acids is 1. The van der Waals surface area contributed by atoms with E-state index in [1.165, 1.54) is 0 Å². The summed E-state index contributed by atoms with van der Waals surface area (Å²) in [6.07, 6.45) is 3.36. The lowest BCUT2D eigenvalue weighted by molar-refractivity contribution is 0.0697. The fourth-order valence-corrected chi connectivity index (χ4v) is 3.47. The van der Waals surface area contributed by atoms with Gasteiger partial charge in [0.2, 0.25) is 0 Å². The maximum atomic E-state index is 12.8. The van der Waals surface area contributed by atoms with Gasteiger partial charge in [0.05, 0.1) is 11.3 Å². The second-order valence-electron chi connectivity index (χ2n) is 7.28. The van der Waals surface area contributed by atoms with E-state index in [1.54, 1.807) is 29.8 Å². The highest BCUT2D eigenvalue weighted by Gasteiger charge is 2.14. The van der Waals surface area contributed by atoms with E-state index in [9.17, 15) is 14.7 Å². The summed E-state index contributed by atoms with van der Waals surface area (Å²) in [5.74, 6) is -0.218. The third-order valence-electron chi connectivity index (χ3n) is 5.26. The first-order valence-electron chi connectivity index (χ1n) is 9.89. The van der Waals surface area contributed by atoms with E-state index in [1.807, 2.05) is 37.3 Å². The van der Waals surface area contributed by atoms with Gasteiger partial charge in [-0.05, 0) is 42.5 Å². The number of aromatic nitrogens is 2. The van der Waals surface area contributed by atoms with Crippen molar-refractivity contribution in [1.82, 2.24) is 9.55 Å². The summed E-state index contributed by atoms with van der Waals surface area (Å²) in [5.41, 5.74) is 4.43. The number of nitrogens with zero attached hydrogens (tertiary/aromatic N) is 2. The van der Waals surface area contributed by atoms with Crippen LogP contribution in [0.5, 0.6) is 0 Å². The molecule has 0 atom stereocenters. The van der Waals surface area contributed by atoms with Crippen LogP contribution in [0.3, 0.4) is 0 Å². The first kappa shape index (κ1) is 20.5. The van der Waals surface area contributed by atoms with E-state index in [2.05, 4.69) is 11.9 Å². The van der Waals surface area contributed by atoms with Crippen LogP contribution in [-0.4, -0.2) is 20.6 Å². The number of unbranched alkanes of at least 4 members (excludes halogenated alkanes) is 1. The van der Waals surface area contributed by atoms with Gasteiger partial charge in [-0.1, -0.05) is 55.8 Å². The molecule has 3 aromatic rings. The smallest absolute Gasteiger partial charge is 0.336 e. The Kier molecular flexibility index (Phi) is 6.27. The van der Waals surface area contributed by atoms with Crippen LogP contribution in [0.15, 0.2) is 53.3 Å². The molecule has 0 amide bonds. The Balaban J connectivity index is 1.94. The molecule has 1 heterocycles. The highest BCUT2D eigenvalue weighted by atomic mass is 16.4. The summed E-state index contributed by atoms with van der Waals surface area (Å²) in [7, 11) is 1.75. The van der Waals surface area contributed by atoms with Gasteiger partial charge in [0.1, 0.15) is 5.82 Å². The van der Waals surface area contributed by atoms with E-state index in [0.717, 1.165) is 47.5 Å². The minimum Gasteiger partial charge on any atom is -0.478 e. The molecule has 5 nitrogen and oxygen atoms in total. The van der Waals surface area contributed by atoms with Gasteiger partial charge in [0.15, 0.2) is 0 Å². The molecule has 0 unspecified atom stereocenters. The molecule has 0 saturated heterocycles.